The number of Topliss-reactive ketones (excluding diaryl/α,β-unsaturated/α-hetero) is 1. The minimum atomic E-state index is -3.53. The highest BCUT2D eigenvalue weighted by Gasteiger charge is 2.13. The highest BCUT2D eigenvalue weighted by atomic mass is 32.2. The molecular formula is C13H17NO3S. The molecule has 0 heterocycles. The van der Waals surface area contributed by atoms with E-state index in [1.165, 1.54) is 12.1 Å². The van der Waals surface area contributed by atoms with Gasteiger partial charge in [0, 0.05) is 13.0 Å². The zero-order valence-electron chi connectivity index (χ0n) is 10.6. The van der Waals surface area contributed by atoms with E-state index >= 15 is 0 Å². The summed E-state index contributed by atoms with van der Waals surface area (Å²) in [4.78, 5) is 11.5. The number of ketones is 1. The van der Waals surface area contributed by atoms with Gasteiger partial charge in [-0.15, -0.1) is 0 Å². The number of sulfonamides is 1. The van der Waals surface area contributed by atoms with Crippen LogP contribution in [0.4, 0.5) is 0 Å². The Morgan fingerprint density at radius 2 is 1.83 bits per heavy atom. The van der Waals surface area contributed by atoms with Crippen molar-refractivity contribution in [1.29, 1.82) is 0 Å². The van der Waals surface area contributed by atoms with Crippen LogP contribution in [0.15, 0.2) is 41.3 Å². The van der Waals surface area contributed by atoms with Gasteiger partial charge < -0.3 is 0 Å². The van der Waals surface area contributed by atoms with Crippen LogP contribution in [0, 0.1) is 6.92 Å². The van der Waals surface area contributed by atoms with Crippen LogP contribution in [0.3, 0.4) is 0 Å². The van der Waals surface area contributed by atoms with E-state index in [9.17, 15) is 13.2 Å². The van der Waals surface area contributed by atoms with E-state index < -0.39 is 10.0 Å². The van der Waals surface area contributed by atoms with Crippen molar-refractivity contribution in [2.45, 2.75) is 25.2 Å². The molecule has 0 atom stereocenters. The molecule has 0 aliphatic rings. The molecular weight excluding hydrogens is 250 g/mol. The molecule has 0 amide bonds. The van der Waals surface area contributed by atoms with Crippen molar-refractivity contribution in [3.8, 4) is 0 Å². The largest absolute Gasteiger partial charge is 0.295 e. The molecule has 0 spiro atoms. The van der Waals surface area contributed by atoms with Crippen LogP contribution < -0.4 is 4.72 Å². The van der Waals surface area contributed by atoms with Gasteiger partial charge in [0.2, 0.25) is 10.0 Å². The zero-order valence-corrected chi connectivity index (χ0v) is 11.4. The van der Waals surface area contributed by atoms with Crippen LogP contribution in [0.1, 0.15) is 18.9 Å². The van der Waals surface area contributed by atoms with Gasteiger partial charge in [-0.25, -0.2) is 13.1 Å². The Morgan fingerprint density at radius 1 is 1.28 bits per heavy atom. The van der Waals surface area contributed by atoms with Gasteiger partial charge >= 0.3 is 0 Å². The Morgan fingerprint density at radius 3 is 2.33 bits per heavy atom. The summed E-state index contributed by atoms with van der Waals surface area (Å²) < 4.78 is 26.1. The molecule has 4 nitrogen and oxygen atoms in total. The van der Waals surface area contributed by atoms with Crippen molar-refractivity contribution in [2.24, 2.45) is 0 Å². The highest BCUT2D eigenvalue weighted by Crippen LogP contribution is 2.09. The number of allylic oxidation sites excluding steroid dienone is 1. The molecule has 1 N–H and O–H groups in total. The number of carbonyl (C=O) groups excluding carboxylic acids is 1. The van der Waals surface area contributed by atoms with E-state index in [1.54, 1.807) is 19.1 Å². The molecule has 0 unspecified atom stereocenters. The van der Waals surface area contributed by atoms with Crippen LogP contribution in [0.5, 0.6) is 0 Å². The minimum Gasteiger partial charge on any atom is -0.295 e. The third-order valence-corrected chi connectivity index (χ3v) is 3.93. The number of benzene rings is 1. The van der Waals surface area contributed by atoms with Crippen LogP contribution >= 0.6 is 0 Å². The first-order valence-electron chi connectivity index (χ1n) is 5.58. The smallest absolute Gasteiger partial charge is 0.240 e. The lowest BCUT2D eigenvalue weighted by Crippen LogP contribution is -2.26. The van der Waals surface area contributed by atoms with E-state index in [0.29, 0.717) is 5.57 Å². The zero-order chi connectivity index (χ0) is 13.8. The number of hydrogen-bond donors (Lipinski definition) is 1. The van der Waals surface area contributed by atoms with Crippen LogP contribution in [-0.4, -0.2) is 20.7 Å². The summed E-state index contributed by atoms with van der Waals surface area (Å²) in [7, 11) is -3.53. The summed E-state index contributed by atoms with van der Waals surface area (Å²) in [6, 6.07) is 6.54. The van der Waals surface area contributed by atoms with Gasteiger partial charge in [0.05, 0.1) is 4.90 Å². The standard InChI is InChI=1S/C13H17NO3S/c1-10(2)13(15)8-9-14-18(16,17)12-6-4-11(3)5-7-12/h4-7,14H,1,8-9H2,2-3H3. The summed E-state index contributed by atoms with van der Waals surface area (Å²) in [5.74, 6) is -0.137. The van der Waals surface area contributed by atoms with Gasteiger partial charge in [-0.1, -0.05) is 24.3 Å². The van der Waals surface area contributed by atoms with E-state index in [4.69, 9.17) is 0 Å². The van der Waals surface area contributed by atoms with E-state index in [-0.39, 0.29) is 23.6 Å². The molecule has 1 aromatic carbocycles. The minimum absolute atomic E-state index is 0.0852. The molecule has 0 bridgehead atoms. The quantitative estimate of drug-likeness (QED) is 0.799. The van der Waals surface area contributed by atoms with Crippen molar-refractivity contribution in [2.75, 3.05) is 6.54 Å². The molecule has 5 heteroatoms. The first kappa shape index (κ1) is 14.6. The topological polar surface area (TPSA) is 63.2 Å². The Hall–Kier alpha value is -1.46. The van der Waals surface area contributed by atoms with Gasteiger partial charge in [-0.05, 0) is 31.6 Å². The molecule has 98 valence electrons. The molecule has 0 saturated carbocycles. The lowest BCUT2D eigenvalue weighted by molar-refractivity contribution is -0.115. The van der Waals surface area contributed by atoms with Crippen LogP contribution in [0.25, 0.3) is 0 Å². The van der Waals surface area contributed by atoms with E-state index in [0.717, 1.165) is 5.56 Å². The summed E-state index contributed by atoms with van der Waals surface area (Å²) in [6.45, 7) is 7.09. The Balaban J connectivity index is 2.63. The molecule has 0 aliphatic heterocycles. The second-order valence-electron chi connectivity index (χ2n) is 4.16. The third kappa shape index (κ3) is 4.09. The van der Waals surface area contributed by atoms with E-state index in [1.807, 2.05) is 6.92 Å². The van der Waals surface area contributed by atoms with Crippen LogP contribution in [-0.2, 0) is 14.8 Å². The number of nitrogens with one attached hydrogen (secondary N) is 1. The molecule has 0 aliphatic carbocycles. The lowest BCUT2D eigenvalue weighted by Gasteiger charge is -2.06. The summed E-state index contributed by atoms with van der Waals surface area (Å²) in [5, 5.41) is 0. The SMILES string of the molecule is C=C(C)C(=O)CCNS(=O)(=O)c1ccc(C)cc1. The van der Waals surface area contributed by atoms with Gasteiger partial charge in [0.1, 0.15) is 0 Å². The monoisotopic (exact) mass is 267 g/mol. The summed E-state index contributed by atoms with van der Waals surface area (Å²) in [6.07, 6.45) is 0.125. The number of hydrogen-bond acceptors (Lipinski definition) is 3. The average Bonchev–Trinajstić information content (AvgIpc) is 2.29. The fourth-order valence-corrected chi connectivity index (χ4v) is 2.34. The van der Waals surface area contributed by atoms with Gasteiger partial charge in [-0.2, -0.15) is 0 Å². The van der Waals surface area contributed by atoms with Crippen molar-refractivity contribution in [3.63, 3.8) is 0 Å². The van der Waals surface area contributed by atoms with Crippen molar-refractivity contribution in [3.05, 3.63) is 42.0 Å². The maximum Gasteiger partial charge on any atom is 0.240 e. The molecule has 0 saturated heterocycles. The predicted octanol–water partition coefficient (Wildman–Crippen LogP) is 1.81. The van der Waals surface area contributed by atoms with E-state index in [2.05, 4.69) is 11.3 Å². The van der Waals surface area contributed by atoms with Gasteiger partial charge in [-0.3, -0.25) is 4.79 Å². The Kier molecular flexibility index (Phi) is 4.81. The third-order valence-electron chi connectivity index (χ3n) is 2.45. The molecule has 0 radical (unpaired) electrons. The molecule has 0 aromatic heterocycles. The Bertz CT molecular complexity index is 544. The average molecular weight is 267 g/mol. The maximum atomic E-state index is 11.8. The first-order valence-corrected chi connectivity index (χ1v) is 7.06. The number of rotatable bonds is 6. The van der Waals surface area contributed by atoms with Crippen molar-refractivity contribution in [1.82, 2.24) is 4.72 Å². The van der Waals surface area contributed by atoms with Crippen molar-refractivity contribution >= 4 is 15.8 Å². The Labute approximate surface area is 108 Å². The normalized spacial score (nSPS) is 11.2. The molecule has 0 fully saturated rings. The summed E-state index contributed by atoms with van der Waals surface area (Å²) >= 11 is 0. The number of aryl methyl sites for hydroxylation is 1. The second-order valence-corrected chi connectivity index (χ2v) is 5.93. The molecule has 18 heavy (non-hydrogen) atoms. The summed E-state index contributed by atoms with van der Waals surface area (Å²) in [5.41, 5.74) is 1.43. The highest BCUT2D eigenvalue weighted by molar-refractivity contribution is 7.89. The first-order chi connectivity index (χ1) is 8.33. The molecule has 1 rings (SSSR count). The van der Waals surface area contributed by atoms with Crippen molar-refractivity contribution < 1.29 is 13.2 Å². The number of carbonyl (C=O) groups is 1. The van der Waals surface area contributed by atoms with Gasteiger partial charge in [0.25, 0.3) is 0 Å². The lowest BCUT2D eigenvalue weighted by atomic mass is 10.2. The fourth-order valence-electron chi connectivity index (χ4n) is 1.31. The van der Waals surface area contributed by atoms with Gasteiger partial charge in [0.15, 0.2) is 5.78 Å². The second kappa shape index (κ2) is 5.93. The predicted molar refractivity (Wildman–Crippen MR) is 70.8 cm³/mol. The van der Waals surface area contributed by atoms with Crippen LogP contribution in [0.2, 0.25) is 0 Å². The maximum absolute atomic E-state index is 11.8. The fraction of sp³-hybridized carbons (Fsp3) is 0.308. The molecule has 1 aromatic rings.